The van der Waals surface area contributed by atoms with Crippen LogP contribution < -0.4 is 5.73 Å². The summed E-state index contributed by atoms with van der Waals surface area (Å²) in [5, 5.41) is 12.9. The van der Waals surface area contributed by atoms with Crippen LogP contribution in [0.5, 0.6) is 0 Å². The summed E-state index contributed by atoms with van der Waals surface area (Å²) in [6.45, 7) is -0.220. The lowest BCUT2D eigenvalue weighted by atomic mass is 10.1. The number of azide groups is 1. The van der Waals surface area contributed by atoms with E-state index in [-0.39, 0.29) is 6.61 Å². The number of aromatic amines is 1. The molecule has 1 aliphatic rings. The third-order valence-electron chi connectivity index (χ3n) is 3.24. The maximum absolute atomic E-state index is 9.23. The first-order valence-corrected chi connectivity index (χ1v) is 5.99. The SMILES string of the molecule is [N-]=[N+]=N[C@H]1C[C@H](c2nc3ncnc(N)c3[nH]2)O[C@@H]1CO. The Morgan fingerprint density at radius 1 is 1.60 bits per heavy atom. The lowest BCUT2D eigenvalue weighted by Crippen LogP contribution is -2.22. The number of aliphatic hydroxyl groups excluding tert-OH is 1. The fourth-order valence-corrected chi connectivity index (χ4v) is 2.27. The standard InChI is InChI=1S/C10H12N8O2/c11-8-7-10(14-3-13-8)16-9(15-7)5-1-4(17-18-12)6(2-19)20-5/h3-6,19H,1-2H2,(H3,11,13,14,15,16)/t4-,5+,6+/m0/s1. The Hall–Kier alpha value is -2.42. The largest absolute Gasteiger partial charge is 0.394 e. The van der Waals surface area contributed by atoms with E-state index in [9.17, 15) is 5.11 Å². The fourth-order valence-electron chi connectivity index (χ4n) is 2.27. The quantitative estimate of drug-likeness (QED) is 0.419. The molecule has 10 heteroatoms. The number of rotatable bonds is 3. The molecule has 0 saturated carbocycles. The molecular weight excluding hydrogens is 264 g/mol. The average molecular weight is 276 g/mol. The minimum Gasteiger partial charge on any atom is -0.394 e. The van der Waals surface area contributed by atoms with Crippen LogP contribution in [-0.4, -0.2) is 43.8 Å². The van der Waals surface area contributed by atoms with Gasteiger partial charge in [0, 0.05) is 4.91 Å². The molecule has 0 spiro atoms. The van der Waals surface area contributed by atoms with Crippen molar-refractivity contribution in [3.8, 4) is 0 Å². The van der Waals surface area contributed by atoms with Gasteiger partial charge in [-0.15, -0.1) is 0 Å². The van der Waals surface area contributed by atoms with Gasteiger partial charge in [-0.2, -0.15) is 0 Å². The van der Waals surface area contributed by atoms with Gasteiger partial charge in [-0.1, -0.05) is 5.11 Å². The predicted molar refractivity (Wildman–Crippen MR) is 68.3 cm³/mol. The second-order valence-corrected chi connectivity index (χ2v) is 4.43. The molecule has 2 aromatic heterocycles. The highest BCUT2D eigenvalue weighted by Crippen LogP contribution is 2.34. The molecule has 0 aromatic carbocycles. The van der Waals surface area contributed by atoms with Gasteiger partial charge in [-0.25, -0.2) is 15.0 Å². The Balaban J connectivity index is 1.92. The van der Waals surface area contributed by atoms with E-state index in [1.165, 1.54) is 6.33 Å². The number of H-pyrrole nitrogens is 1. The maximum atomic E-state index is 9.23. The van der Waals surface area contributed by atoms with Crippen LogP contribution >= 0.6 is 0 Å². The Bertz CT molecular complexity index is 679. The van der Waals surface area contributed by atoms with Crippen molar-refractivity contribution in [2.45, 2.75) is 24.7 Å². The van der Waals surface area contributed by atoms with Crippen molar-refractivity contribution in [2.75, 3.05) is 12.3 Å². The summed E-state index contributed by atoms with van der Waals surface area (Å²) in [4.78, 5) is 17.9. The summed E-state index contributed by atoms with van der Waals surface area (Å²) in [5.74, 6) is 0.832. The number of hydrogen-bond acceptors (Lipinski definition) is 7. The number of ether oxygens (including phenoxy) is 1. The first-order chi connectivity index (χ1) is 9.72. The molecule has 1 saturated heterocycles. The van der Waals surface area contributed by atoms with Crippen molar-refractivity contribution in [2.24, 2.45) is 5.11 Å². The lowest BCUT2D eigenvalue weighted by molar-refractivity contribution is 0.00415. The molecule has 3 atom stereocenters. The number of fused-ring (bicyclic) bond motifs is 1. The van der Waals surface area contributed by atoms with Crippen LogP contribution in [0, 0.1) is 0 Å². The summed E-state index contributed by atoms with van der Waals surface area (Å²) in [6.07, 6.45) is 0.822. The average Bonchev–Trinajstić information content (AvgIpc) is 3.03. The molecule has 4 N–H and O–H groups in total. The van der Waals surface area contributed by atoms with E-state index in [0.717, 1.165) is 0 Å². The van der Waals surface area contributed by atoms with Gasteiger partial charge in [-0.3, -0.25) is 0 Å². The van der Waals surface area contributed by atoms with Crippen molar-refractivity contribution in [1.29, 1.82) is 0 Å². The van der Waals surface area contributed by atoms with Gasteiger partial charge in [0.15, 0.2) is 11.5 Å². The highest BCUT2D eigenvalue weighted by Gasteiger charge is 2.36. The Morgan fingerprint density at radius 2 is 2.45 bits per heavy atom. The molecule has 0 unspecified atom stereocenters. The highest BCUT2D eigenvalue weighted by atomic mass is 16.5. The molecule has 0 amide bonds. The fraction of sp³-hybridized carbons (Fsp3) is 0.500. The Kier molecular flexibility index (Phi) is 3.11. The topological polar surface area (TPSA) is 159 Å². The molecule has 0 aliphatic carbocycles. The normalized spacial score (nSPS) is 25.8. The molecule has 104 valence electrons. The van der Waals surface area contributed by atoms with E-state index in [1.54, 1.807) is 0 Å². The molecule has 10 nitrogen and oxygen atoms in total. The predicted octanol–water partition coefficient (Wildman–Crippen LogP) is 0.436. The molecule has 1 fully saturated rings. The summed E-state index contributed by atoms with van der Waals surface area (Å²) >= 11 is 0. The Labute approximate surface area is 112 Å². The van der Waals surface area contributed by atoms with Gasteiger partial charge in [0.1, 0.15) is 23.8 Å². The van der Waals surface area contributed by atoms with E-state index in [0.29, 0.717) is 29.2 Å². The summed E-state index contributed by atoms with van der Waals surface area (Å²) in [6, 6.07) is -0.424. The summed E-state index contributed by atoms with van der Waals surface area (Å²) in [7, 11) is 0. The van der Waals surface area contributed by atoms with Crippen molar-refractivity contribution in [3.05, 3.63) is 22.6 Å². The van der Waals surface area contributed by atoms with Crippen LogP contribution in [0.25, 0.3) is 21.6 Å². The zero-order valence-corrected chi connectivity index (χ0v) is 10.3. The van der Waals surface area contributed by atoms with Crippen LogP contribution in [0.15, 0.2) is 11.4 Å². The van der Waals surface area contributed by atoms with Crippen LogP contribution in [0.4, 0.5) is 5.82 Å². The Morgan fingerprint density at radius 3 is 3.15 bits per heavy atom. The van der Waals surface area contributed by atoms with Gasteiger partial charge >= 0.3 is 0 Å². The van der Waals surface area contributed by atoms with Crippen LogP contribution in [-0.2, 0) is 4.74 Å². The van der Waals surface area contributed by atoms with E-state index in [4.69, 9.17) is 16.0 Å². The third kappa shape index (κ3) is 2.01. The smallest absolute Gasteiger partial charge is 0.183 e. The third-order valence-corrected chi connectivity index (χ3v) is 3.24. The first-order valence-electron chi connectivity index (χ1n) is 5.99. The summed E-state index contributed by atoms with van der Waals surface area (Å²) < 4.78 is 5.63. The number of nitrogens with zero attached hydrogens (tertiary/aromatic N) is 6. The van der Waals surface area contributed by atoms with Crippen molar-refractivity contribution in [1.82, 2.24) is 19.9 Å². The molecule has 3 heterocycles. The monoisotopic (exact) mass is 276 g/mol. The number of aliphatic hydroxyl groups is 1. The molecule has 0 radical (unpaired) electrons. The van der Waals surface area contributed by atoms with Crippen LogP contribution in [0.1, 0.15) is 18.3 Å². The number of nitrogens with two attached hydrogens (primary N) is 1. The molecule has 0 bridgehead atoms. The van der Waals surface area contributed by atoms with Crippen LogP contribution in [0.2, 0.25) is 0 Å². The minimum absolute atomic E-state index is 0.220. The summed E-state index contributed by atoms with van der Waals surface area (Å²) in [5.41, 5.74) is 15.2. The number of hydrogen-bond donors (Lipinski definition) is 3. The van der Waals surface area contributed by atoms with Gasteiger partial charge in [0.2, 0.25) is 0 Å². The number of nitrogens with one attached hydrogen (secondary N) is 1. The number of anilines is 1. The van der Waals surface area contributed by atoms with E-state index >= 15 is 0 Å². The number of imidazole rings is 1. The molecule has 20 heavy (non-hydrogen) atoms. The molecule has 2 aromatic rings. The minimum atomic E-state index is -0.535. The first kappa shape index (κ1) is 12.6. The van der Waals surface area contributed by atoms with Crippen LogP contribution in [0.3, 0.4) is 0 Å². The second-order valence-electron chi connectivity index (χ2n) is 4.43. The van der Waals surface area contributed by atoms with E-state index < -0.39 is 18.2 Å². The van der Waals surface area contributed by atoms with Gasteiger partial charge < -0.3 is 20.6 Å². The van der Waals surface area contributed by atoms with Gasteiger partial charge in [-0.05, 0) is 12.0 Å². The van der Waals surface area contributed by atoms with Gasteiger partial charge in [0.05, 0.1) is 18.8 Å². The van der Waals surface area contributed by atoms with Gasteiger partial charge in [0.25, 0.3) is 0 Å². The van der Waals surface area contributed by atoms with Crippen molar-refractivity contribution in [3.63, 3.8) is 0 Å². The van der Waals surface area contributed by atoms with Crippen molar-refractivity contribution >= 4 is 17.0 Å². The molecule has 3 rings (SSSR count). The highest BCUT2D eigenvalue weighted by molar-refractivity contribution is 5.81. The lowest BCUT2D eigenvalue weighted by Gasteiger charge is -2.10. The molecular formula is C10H12N8O2. The van der Waals surface area contributed by atoms with Crippen molar-refractivity contribution < 1.29 is 9.84 Å². The van der Waals surface area contributed by atoms with E-state index in [1.807, 2.05) is 0 Å². The molecule has 1 aliphatic heterocycles. The van der Waals surface area contributed by atoms with E-state index in [2.05, 4.69) is 30.0 Å². The maximum Gasteiger partial charge on any atom is 0.183 e. The second kappa shape index (κ2) is 4.93. The number of nitrogen functional groups attached to an aromatic ring is 1. The zero-order chi connectivity index (χ0) is 14.1. The zero-order valence-electron chi connectivity index (χ0n) is 10.3. The number of aromatic nitrogens is 4.